The third-order valence-corrected chi connectivity index (χ3v) is 3.12. The van der Waals surface area contributed by atoms with Gasteiger partial charge in [-0.15, -0.1) is 0 Å². The Morgan fingerprint density at radius 3 is 2.48 bits per heavy atom. The van der Waals surface area contributed by atoms with E-state index in [4.69, 9.17) is 23.3 Å². The molecule has 23 heavy (non-hydrogen) atoms. The molecule has 2 rings (SSSR count). The summed E-state index contributed by atoms with van der Waals surface area (Å²) >= 11 is 0. The van der Waals surface area contributed by atoms with E-state index in [-0.39, 0.29) is 0 Å². The smallest absolute Gasteiger partial charge is 0.168 e. The summed E-state index contributed by atoms with van der Waals surface area (Å²) in [6, 6.07) is 13.2. The molecule has 8 heteroatoms. The van der Waals surface area contributed by atoms with Gasteiger partial charge in [0.2, 0.25) is 0 Å². The van der Waals surface area contributed by atoms with Gasteiger partial charge in [0.05, 0.1) is 17.9 Å². The van der Waals surface area contributed by atoms with Crippen molar-refractivity contribution in [3.8, 4) is 0 Å². The van der Waals surface area contributed by atoms with Crippen LogP contribution in [0.4, 0.5) is 0 Å². The van der Waals surface area contributed by atoms with Crippen LogP contribution in [0.2, 0.25) is 0 Å². The van der Waals surface area contributed by atoms with E-state index < -0.39 is 0 Å². The summed E-state index contributed by atoms with van der Waals surface area (Å²) in [5, 5.41) is 5.00. The number of aromatic nitrogens is 1. The zero-order valence-corrected chi connectivity index (χ0v) is 12.6. The normalized spacial score (nSPS) is 12.1. The van der Waals surface area contributed by atoms with E-state index in [1.165, 1.54) is 5.01 Å². The van der Waals surface area contributed by atoms with Crippen LogP contribution in [-0.2, 0) is 6.54 Å². The second kappa shape index (κ2) is 7.78. The summed E-state index contributed by atoms with van der Waals surface area (Å²) in [5.74, 6) is 16.8. The van der Waals surface area contributed by atoms with Crippen LogP contribution in [-0.4, -0.2) is 15.8 Å². The highest BCUT2D eigenvalue weighted by Gasteiger charge is 2.04. The highest BCUT2D eigenvalue weighted by molar-refractivity contribution is 5.97. The van der Waals surface area contributed by atoms with Gasteiger partial charge in [0.25, 0.3) is 0 Å². The van der Waals surface area contributed by atoms with Crippen molar-refractivity contribution in [1.82, 2.24) is 15.4 Å². The number of hydrazone groups is 1. The lowest BCUT2D eigenvalue weighted by molar-refractivity contribution is 0.382. The Bertz CT molecular complexity index is 678. The zero-order valence-electron chi connectivity index (χ0n) is 12.6. The van der Waals surface area contributed by atoms with E-state index in [1.807, 2.05) is 36.4 Å². The molecule has 0 bridgehead atoms. The molecule has 1 aromatic heterocycles. The molecule has 0 spiro atoms. The van der Waals surface area contributed by atoms with E-state index in [0.29, 0.717) is 23.6 Å². The first kappa shape index (κ1) is 16.3. The molecule has 0 aliphatic heterocycles. The molecule has 0 atom stereocenters. The molecule has 0 fully saturated rings. The molecule has 2 aromatic rings. The van der Waals surface area contributed by atoms with Gasteiger partial charge in [-0.2, -0.15) is 5.10 Å². The first-order chi connectivity index (χ1) is 11.1. The average molecular weight is 312 g/mol. The Labute approximate surface area is 134 Å². The number of rotatable bonds is 5. The van der Waals surface area contributed by atoms with Gasteiger partial charge in [0.15, 0.2) is 5.84 Å². The fourth-order valence-corrected chi connectivity index (χ4v) is 1.97. The molecule has 0 aliphatic rings. The highest BCUT2D eigenvalue weighted by Crippen LogP contribution is 2.09. The molecule has 1 heterocycles. The van der Waals surface area contributed by atoms with Crippen molar-refractivity contribution in [2.45, 2.75) is 6.54 Å². The number of nitrogens with two attached hydrogens (primary N) is 4. The lowest BCUT2D eigenvalue weighted by Gasteiger charge is -2.15. The average Bonchev–Trinajstić information content (AvgIpc) is 2.58. The number of pyridine rings is 1. The van der Waals surface area contributed by atoms with Gasteiger partial charge in [0, 0.05) is 18.0 Å². The number of hydrogen-bond acceptors (Lipinski definition) is 7. The Kier molecular flexibility index (Phi) is 5.50. The van der Waals surface area contributed by atoms with Crippen molar-refractivity contribution in [3.63, 3.8) is 0 Å². The summed E-state index contributed by atoms with van der Waals surface area (Å²) in [4.78, 5) is 4.29. The van der Waals surface area contributed by atoms with Gasteiger partial charge in [-0.25, -0.2) is 11.7 Å². The quantitative estimate of drug-likeness (QED) is 0.222. The number of hydrogen-bond donors (Lipinski definition) is 5. The third-order valence-electron chi connectivity index (χ3n) is 3.12. The van der Waals surface area contributed by atoms with Crippen LogP contribution in [0, 0.1) is 0 Å². The topological polar surface area (TPSA) is 145 Å². The van der Waals surface area contributed by atoms with Crippen LogP contribution in [0.1, 0.15) is 16.8 Å². The van der Waals surface area contributed by atoms with Gasteiger partial charge < -0.3 is 22.0 Å². The van der Waals surface area contributed by atoms with Crippen LogP contribution in [0.25, 0.3) is 5.70 Å². The summed E-state index contributed by atoms with van der Waals surface area (Å²) in [5.41, 5.74) is 11.3. The molecule has 0 unspecified atom stereocenters. The molecule has 0 saturated heterocycles. The second-order valence-corrected chi connectivity index (χ2v) is 4.78. The van der Waals surface area contributed by atoms with Crippen molar-refractivity contribution in [3.05, 3.63) is 71.7 Å². The van der Waals surface area contributed by atoms with E-state index in [0.717, 1.165) is 11.3 Å². The summed E-state index contributed by atoms with van der Waals surface area (Å²) in [7, 11) is 0. The SMILES string of the molecule is N/N=C(\NN)c1ccc(CN(N)/C=C(\N)c2ccccc2)nc1. The molecular weight excluding hydrogens is 292 g/mol. The van der Waals surface area contributed by atoms with Gasteiger partial charge in [-0.05, 0) is 17.7 Å². The summed E-state index contributed by atoms with van der Waals surface area (Å²) < 4.78 is 0. The number of benzene rings is 1. The lowest BCUT2D eigenvalue weighted by atomic mass is 10.2. The fraction of sp³-hybridized carbons (Fsp3) is 0.0667. The molecule has 0 saturated carbocycles. The van der Waals surface area contributed by atoms with Gasteiger partial charge in [0.1, 0.15) is 0 Å². The first-order valence-corrected chi connectivity index (χ1v) is 6.88. The Morgan fingerprint density at radius 1 is 1.17 bits per heavy atom. The van der Waals surface area contributed by atoms with Crippen LogP contribution >= 0.6 is 0 Å². The molecule has 1 aromatic carbocycles. The minimum Gasteiger partial charge on any atom is -0.397 e. The van der Waals surface area contributed by atoms with Crippen molar-refractivity contribution in [2.75, 3.05) is 0 Å². The van der Waals surface area contributed by atoms with E-state index in [2.05, 4.69) is 15.5 Å². The molecule has 0 amide bonds. The van der Waals surface area contributed by atoms with Crippen LogP contribution in [0.3, 0.4) is 0 Å². The van der Waals surface area contributed by atoms with E-state index in [9.17, 15) is 0 Å². The fourth-order valence-electron chi connectivity index (χ4n) is 1.97. The molecule has 8 nitrogen and oxygen atoms in total. The van der Waals surface area contributed by atoms with E-state index >= 15 is 0 Å². The van der Waals surface area contributed by atoms with Crippen LogP contribution < -0.4 is 28.7 Å². The standard InChI is InChI=1S/C15H20N8/c16-14(11-4-2-1-3-5-11)10-23(19)9-13-7-6-12(8-20-13)15(21-17)22-18/h1-8,10H,9,16-19H2,(H,21,22)/b14-10-. The van der Waals surface area contributed by atoms with E-state index in [1.54, 1.807) is 18.5 Å². The van der Waals surface area contributed by atoms with Crippen LogP contribution in [0.5, 0.6) is 0 Å². The second-order valence-electron chi connectivity index (χ2n) is 4.78. The third kappa shape index (κ3) is 4.43. The first-order valence-electron chi connectivity index (χ1n) is 6.88. The molecule has 0 radical (unpaired) electrons. The largest absolute Gasteiger partial charge is 0.397 e. The molecular formula is C15H20N8. The lowest BCUT2D eigenvalue weighted by Crippen LogP contribution is -2.32. The highest BCUT2D eigenvalue weighted by atomic mass is 15.4. The molecule has 0 aliphatic carbocycles. The Morgan fingerprint density at radius 2 is 1.91 bits per heavy atom. The van der Waals surface area contributed by atoms with Crippen molar-refractivity contribution in [1.29, 1.82) is 0 Å². The minimum absolute atomic E-state index is 0.349. The number of nitrogens with one attached hydrogen (secondary N) is 1. The predicted octanol–water partition coefficient (Wildman–Crippen LogP) is -0.202. The Balaban J connectivity index is 2.04. The van der Waals surface area contributed by atoms with Crippen molar-refractivity contribution in [2.24, 2.45) is 28.4 Å². The van der Waals surface area contributed by atoms with Crippen molar-refractivity contribution < 1.29 is 0 Å². The number of nitrogens with zero attached hydrogens (tertiary/aromatic N) is 3. The number of amidine groups is 1. The molecule has 120 valence electrons. The maximum Gasteiger partial charge on any atom is 0.168 e. The molecule has 9 N–H and O–H groups in total. The van der Waals surface area contributed by atoms with Crippen LogP contribution in [0.15, 0.2) is 60.0 Å². The Hall–Kier alpha value is -3.10. The predicted molar refractivity (Wildman–Crippen MR) is 90.6 cm³/mol. The van der Waals surface area contributed by atoms with Crippen molar-refractivity contribution >= 4 is 11.5 Å². The zero-order chi connectivity index (χ0) is 16.7. The van der Waals surface area contributed by atoms with Gasteiger partial charge >= 0.3 is 0 Å². The maximum atomic E-state index is 6.02. The van der Waals surface area contributed by atoms with Gasteiger partial charge in [-0.1, -0.05) is 30.3 Å². The monoisotopic (exact) mass is 312 g/mol. The van der Waals surface area contributed by atoms with Gasteiger partial charge in [-0.3, -0.25) is 4.98 Å². The number of hydrazine groups is 2. The maximum absolute atomic E-state index is 6.02. The minimum atomic E-state index is 0.349. The summed E-state index contributed by atoms with van der Waals surface area (Å²) in [6.07, 6.45) is 3.28. The summed E-state index contributed by atoms with van der Waals surface area (Å²) in [6.45, 7) is 0.402.